The highest BCUT2D eigenvalue weighted by molar-refractivity contribution is 9.10. The van der Waals surface area contributed by atoms with Crippen LogP contribution in [0.5, 0.6) is 0 Å². The van der Waals surface area contributed by atoms with Gasteiger partial charge in [-0.25, -0.2) is 4.39 Å². The molecule has 1 rings (SSSR count). The van der Waals surface area contributed by atoms with E-state index in [4.69, 9.17) is 18.0 Å². The lowest BCUT2D eigenvalue weighted by Gasteiger charge is -2.31. The van der Waals surface area contributed by atoms with Gasteiger partial charge in [-0.15, -0.1) is 0 Å². The Morgan fingerprint density at radius 1 is 1.38 bits per heavy atom. The fourth-order valence-corrected chi connectivity index (χ4v) is 3.15. The van der Waals surface area contributed by atoms with Gasteiger partial charge in [-0.2, -0.15) is 0 Å². The SMILES string of the molecule is CCCC(CCC)(C(=O)Nc1c(F)cccc1Br)C(N)=S. The minimum Gasteiger partial charge on any atom is -0.392 e. The third-order valence-electron chi connectivity index (χ3n) is 3.46. The van der Waals surface area contributed by atoms with Crippen LogP contribution in [-0.2, 0) is 4.79 Å². The zero-order chi connectivity index (χ0) is 16.0. The maximum atomic E-state index is 13.9. The minimum absolute atomic E-state index is 0.121. The molecule has 21 heavy (non-hydrogen) atoms. The maximum absolute atomic E-state index is 13.9. The van der Waals surface area contributed by atoms with Gasteiger partial charge in [0, 0.05) is 4.47 Å². The fraction of sp³-hybridized carbons (Fsp3) is 0.467. The van der Waals surface area contributed by atoms with Gasteiger partial charge in [0.1, 0.15) is 5.82 Å². The molecule has 0 aliphatic heterocycles. The Morgan fingerprint density at radius 2 is 1.95 bits per heavy atom. The summed E-state index contributed by atoms with van der Waals surface area (Å²) in [5.41, 5.74) is 5.03. The van der Waals surface area contributed by atoms with Gasteiger partial charge in [-0.1, -0.05) is 45.0 Å². The van der Waals surface area contributed by atoms with Crippen LogP contribution >= 0.6 is 28.1 Å². The zero-order valence-corrected chi connectivity index (χ0v) is 14.6. The van der Waals surface area contributed by atoms with Gasteiger partial charge in [-0.05, 0) is 40.9 Å². The van der Waals surface area contributed by atoms with Crippen molar-refractivity contribution in [1.29, 1.82) is 0 Å². The van der Waals surface area contributed by atoms with Crippen LogP contribution in [0, 0.1) is 11.2 Å². The molecule has 0 bridgehead atoms. The average molecular weight is 375 g/mol. The highest BCUT2D eigenvalue weighted by Gasteiger charge is 2.40. The Morgan fingerprint density at radius 3 is 2.38 bits per heavy atom. The van der Waals surface area contributed by atoms with Crippen LogP contribution in [0.15, 0.2) is 22.7 Å². The third-order valence-corrected chi connectivity index (χ3v) is 4.51. The van der Waals surface area contributed by atoms with Crippen molar-refractivity contribution in [2.45, 2.75) is 39.5 Å². The van der Waals surface area contributed by atoms with Gasteiger partial charge in [0.25, 0.3) is 0 Å². The molecule has 1 aromatic carbocycles. The second-order valence-electron chi connectivity index (χ2n) is 5.00. The van der Waals surface area contributed by atoms with Crippen molar-refractivity contribution in [1.82, 2.24) is 0 Å². The molecule has 0 saturated heterocycles. The summed E-state index contributed by atoms with van der Waals surface area (Å²) in [5, 5.41) is 2.64. The number of amides is 1. The molecule has 0 aliphatic carbocycles. The van der Waals surface area contributed by atoms with E-state index in [1.54, 1.807) is 12.1 Å². The number of hydrogen-bond donors (Lipinski definition) is 2. The van der Waals surface area contributed by atoms with Crippen molar-refractivity contribution >= 4 is 44.7 Å². The summed E-state index contributed by atoms with van der Waals surface area (Å²) in [6.45, 7) is 3.93. The lowest BCUT2D eigenvalue weighted by Crippen LogP contribution is -2.46. The third kappa shape index (κ3) is 4.01. The number of carbonyl (C=O) groups is 1. The highest BCUT2D eigenvalue weighted by atomic mass is 79.9. The summed E-state index contributed by atoms with van der Waals surface area (Å²) < 4.78 is 14.3. The van der Waals surface area contributed by atoms with Crippen LogP contribution in [0.1, 0.15) is 39.5 Å². The summed E-state index contributed by atoms with van der Waals surface area (Å²) in [6, 6.07) is 4.53. The average Bonchev–Trinajstić information content (AvgIpc) is 2.42. The molecular formula is C15H20BrFN2OS. The first-order valence-electron chi connectivity index (χ1n) is 6.94. The lowest BCUT2D eigenvalue weighted by molar-refractivity contribution is -0.122. The van der Waals surface area contributed by atoms with E-state index in [0.717, 1.165) is 12.8 Å². The van der Waals surface area contributed by atoms with Crippen molar-refractivity contribution in [3.05, 3.63) is 28.5 Å². The molecule has 0 saturated carbocycles. The molecule has 3 nitrogen and oxygen atoms in total. The maximum Gasteiger partial charge on any atom is 0.237 e. The molecule has 1 amide bonds. The molecule has 0 aliphatic rings. The zero-order valence-electron chi connectivity index (χ0n) is 12.2. The number of hydrogen-bond acceptors (Lipinski definition) is 2. The molecule has 0 fully saturated rings. The summed E-state index contributed by atoms with van der Waals surface area (Å²) in [4.78, 5) is 12.9. The van der Waals surface area contributed by atoms with Gasteiger partial charge in [-0.3, -0.25) is 4.79 Å². The summed E-state index contributed by atoms with van der Waals surface area (Å²) in [7, 11) is 0. The molecule has 116 valence electrons. The molecule has 0 atom stereocenters. The highest BCUT2D eigenvalue weighted by Crippen LogP contribution is 2.34. The predicted octanol–water partition coefficient (Wildman–Crippen LogP) is 4.40. The molecule has 0 unspecified atom stereocenters. The van der Waals surface area contributed by atoms with Crippen molar-refractivity contribution < 1.29 is 9.18 Å². The van der Waals surface area contributed by atoms with E-state index >= 15 is 0 Å². The standard InChI is InChI=1S/C15H20BrFN2OS/c1-3-8-15(9-4-2,13(18)21)14(20)19-12-10(16)6-5-7-11(12)17/h5-7H,3-4,8-9H2,1-2H3,(H2,18,21)(H,19,20). The van der Waals surface area contributed by atoms with Crippen molar-refractivity contribution in [3.8, 4) is 0 Å². The van der Waals surface area contributed by atoms with Crippen molar-refractivity contribution in [2.75, 3.05) is 5.32 Å². The van der Waals surface area contributed by atoms with E-state index in [1.807, 2.05) is 13.8 Å². The van der Waals surface area contributed by atoms with Gasteiger partial charge >= 0.3 is 0 Å². The molecule has 3 N–H and O–H groups in total. The quantitative estimate of drug-likeness (QED) is 0.695. The van der Waals surface area contributed by atoms with Crippen molar-refractivity contribution in [3.63, 3.8) is 0 Å². The Kier molecular flexibility index (Phi) is 6.74. The van der Waals surface area contributed by atoms with Crippen LogP contribution in [0.3, 0.4) is 0 Å². The number of rotatable bonds is 7. The Bertz CT molecular complexity index is 510. The van der Waals surface area contributed by atoms with Crippen LogP contribution < -0.4 is 11.1 Å². The number of para-hydroxylation sites is 1. The topological polar surface area (TPSA) is 55.1 Å². The second kappa shape index (κ2) is 7.84. The molecule has 0 aromatic heterocycles. The van der Waals surface area contributed by atoms with E-state index in [1.165, 1.54) is 6.07 Å². The first kappa shape index (κ1) is 18.0. The normalized spacial score (nSPS) is 11.2. The van der Waals surface area contributed by atoms with Gasteiger partial charge in [0.05, 0.1) is 16.1 Å². The predicted molar refractivity (Wildman–Crippen MR) is 91.8 cm³/mol. The van der Waals surface area contributed by atoms with Crippen LogP contribution in [0.2, 0.25) is 0 Å². The number of nitrogens with two attached hydrogens (primary N) is 1. The molecule has 0 spiro atoms. The first-order valence-corrected chi connectivity index (χ1v) is 8.14. The van der Waals surface area contributed by atoms with Crippen LogP contribution in [0.25, 0.3) is 0 Å². The molecule has 0 radical (unpaired) electrons. The lowest BCUT2D eigenvalue weighted by atomic mass is 9.78. The van der Waals surface area contributed by atoms with E-state index in [-0.39, 0.29) is 16.6 Å². The number of halogens is 2. The van der Waals surface area contributed by atoms with E-state index in [9.17, 15) is 9.18 Å². The van der Waals surface area contributed by atoms with Gasteiger partial charge in [0.15, 0.2) is 0 Å². The molecule has 6 heteroatoms. The van der Waals surface area contributed by atoms with E-state index < -0.39 is 11.2 Å². The summed E-state index contributed by atoms with van der Waals surface area (Å²) in [6.07, 6.45) is 2.63. The van der Waals surface area contributed by atoms with Gasteiger partial charge < -0.3 is 11.1 Å². The van der Waals surface area contributed by atoms with Crippen molar-refractivity contribution in [2.24, 2.45) is 11.1 Å². The first-order chi connectivity index (χ1) is 9.89. The molecule has 1 aromatic rings. The van der Waals surface area contributed by atoms with Crippen LogP contribution in [-0.4, -0.2) is 10.9 Å². The number of anilines is 1. The Balaban J connectivity index is 3.14. The van der Waals surface area contributed by atoms with E-state index in [2.05, 4.69) is 21.2 Å². The van der Waals surface area contributed by atoms with Crippen LogP contribution in [0.4, 0.5) is 10.1 Å². The Hall–Kier alpha value is -1.01. The summed E-state index contributed by atoms with van der Waals surface area (Å²) in [5.74, 6) is -0.841. The molecule has 0 heterocycles. The smallest absolute Gasteiger partial charge is 0.237 e. The largest absolute Gasteiger partial charge is 0.392 e. The fourth-order valence-electron chi connectivity index (χ4n) is 2.41. The Labute approximate surface area is 138 Å². The van der Waals surface area contributed by atoms with Gasteiger partial charge in [0.2, 0.25) is 5.91 Å². The minimum atomic E-state index is -0.930. The second-order valence-corrected chi connectivity index (χ2v) is 6.29. The monoisotopic (exact) mass is 374 g/mol. The number of nitrogens with one attached hydrogen (secondary N) is 1. The summed E-state index contributed by atoms with van der Waals surface area (Å²) >= 11 is 8.37. The number of benzene rings is 1. The molecular weight excluding hydrogens is 355 g/mol. The van der Waals surface area contributed by atoms with E-state index in [0.29, 0.717) is 17.3 Å². The number of thiocarbonyl (C=S) groups is 1. The number of carbonyl (C=O) groups excluding carboxylic acids is 1.